The summed E-state index contributed by atoms with van der Waals surface area (Å²) in [7, 11) is 1.77. The third-order valence-electron chi connectivity index (χ3n) is 5.87. The largest absolute Gasteiger partial charge is 0.439 e. The minimum Gasteiger partial charge on any atom is -0.439 e. The molecule has 2 aromatic rings. The van der Waals surface area contributed by atoms with Gasteiger partial charge in [0.2, 0.25) is 5.91 Å². The number of nitrogens with two attached hydrogens (primary N) is 1. The molecule has 3 amide bonds. The van der Waals surface area contributed by atoms with Crippen molar-refractivity contribution in [3.05, 3.63) is 57.6 Å². The molecule has 164 valence electrons. The van der Waals surface area contributed by atoms with Gasteiger partial charge in [-0.05, 0) is 80.4 Å². The van der Waals surface area contributed by atoms with Crippen LogP contribution in [0.5, 0.6) is 0 Å². The van der Waals surface area contributed by atoms with Gasteiger partial charge in [-0.1, -0.05) is 29.2 Å². The summed E-state index contributed by atoms with van der Waals surface area (Å²) in [5.41, 5.74) is 12.2. The van der Waals surface area contributed by atoms with Gasteiger partial charge in [0.15, 0.2) is 0 Å². The minimum atomic E-state index is -2.05. The van der Waals surface area contributed by atoms with E-state index in [-0.39, 0.29) is 10.5 Å². The van der Waals surface area contributed by atoms with Crippen LogP contribution in [0.25, 0.3) is 0 Å². The average molecular weight is 440 g/mol. The number of nitrogens with one attached hydrogen (secondary N) is 1. The second kappa shape index (κ2) is 8.80. The molecule has 0 heterocycles. The maximum Gasteiger partial charge on any atom is 0.322 e. The van der Waals surface area contributed by atoms with Crippen molar-refractivity contribution in [3.8, 4) is 0 Å². The summed E-state index contributed by atoms with van der Waals surface area (Å²) < 4.78 is 16.8. The number of benzene rings is 2. The van der Waals surface area contributed by atoms with Gasteiger partial charge in [-0.2, -0.15) is 10.6 Å². The second-order valence-electron chi connectivity index (χ2n) is 8.44. The van der Waals surface area contributed by atoms with E-state index in [0.717, 1.165) is 49.8 Å². The van der Waals surface area contributed by atoms with Crippen molar-refractivity contribution >= 4 is 28.2 Å². The Bertz CT molecular complexity index is 1120. The van der Waals surface area contributed by atoms with Gasteiger partial charge in [-0.25, -0.2) is 4.79 Å². The lowest BCUT2D eigenvalue weighted by Crippen LogP contribution is -2.16. The number of urea groups is 1. The highest BCUT2D eigenvalue weighted by Crippen LogP contribution is 2.38. The molecular weight excluding hydrogens is 412 g/mol. The van der Waals surface area contributed by atoms with E-state index >= 15 is 0 Å². The number of primary amides is 1. The van der Waals surface area contributed by atoms with Crippen LogP contribution in [-0.4, -0.2) is 30.9 Å². The molecule has 3 N–H and O–H groups in total. The number of amides is 3. The number of rotatable bonds is 5. The fraction of sp³-hybridized carbons (Fsp3) is 0.391. The average Bonchev–Trinajstić information content (AvgIpc) is 3.36. The first-order valence-corrected chi connectivity index (χ1v) is 11.6. The predicted octanol–water partition coefficient (Wildman–Crippen LogP) is 3.56. The molecule has 31 heavy (non-hydrogen) atoms. The molecule has 0 aromatic heterocycles. The molecular formula is C23H27N4O3S-. The third kappa shape index (κ3) is 4.50. The van der Waals surface area contributed by atoms with Gasteiger partial charge in [0.05, 0.1) is 0 Å². The Morgan fingerprint density at radius 2 is 1.71 bits per heavy atom. The smallest absolute Gasteiger partial charge is 0.322 e. The minimum absolute atomic E-state index is 0.110. The van der Waals surface area contributed by atoms with Gasteiger partial charge in [-0.15, -0.1) is 0 Å². The van der Waals surface area contributed by atoms with Crippen LogP contribution in [0.15, 0.2) is 33.5 Å². The number of hydrogen-bond acceptors (Lipinski definition) is 5. The Morgan fingerprint density at radius 3 is 2.29 bits per heavy atom. The van der Waals surface area contributed by atoms with E-state index in [1.807, 2.05) is 19.0 Å². The van der Waals surface area contributed by atoms with Crippen LogP contribution in [-0.2, 0) is 47.0 Å². The molecule has 0 spiro atoms. The molecule has 0 unspecified atom stereocenters. The van der Waals surface area contributed by atoms with Crippen LogP contribution >= 0.6 is 0 Å². The molecule has 2 aliphatic rings. The van der Waals surface area contributed by atoms with Crippen LogP contribution in [0.4, 0.5) is 10.5 Å². The van der Waals surface area contributed by atoms with Gasteiger partial charge in [0.25, 0.3) is 0 Å². The van der Waals surface area contributed by atoms with Crippen LogP contribution in [0.2, 0.25) is 0 Å². The summed E-state index contributed by atoms with van der Waals surface area (Å²) in [6.07, 6.45) is 6.06. The highest BCUT2D eigenvalue weighted by atomic mass is 32.2. The first-order valence-electron chi connectivity index (χ1n) is 10.5. The molecule has 2 aromatic carbocycles. The van der Waals surface area contributed by atoms with Crippen LogP contribution < -0.4 is 11.1 Å². The van der Waals surface area contributed by atoms with E-state index in [4.69, 9.17) is 5.73 Å². The van der Waals surface area contributed by atoms with Crippen molar-refractivity contribution in [2.75, 3.05) is 19.4 Å². The van der Waals surface area contributed by atoms with Crippen molar-refractivity contribution in [3.63, 3.8) is 0 Å². The molecule has 0 atom stereocenters. The van der Waals surface area contributed by atoms with Gasteiger partial charge >= 0.3 is 6.03 Å². The predicted molar refractivity (Wildman–Crippen MR) is 121 cm³/mol. The number of aryl methyl sites for hydroxylation is 2. The lowest BCUT2D eigenvalue weighted by Gasteiger charge is -2.17. The SMILES string of the molecule is CN(C)Cc1ccc(C(N)=O)c([S-](=O)=NC(=O)Nc2c3c(cc4c2CCC4)CCC3)c1. The number of fused-ring (bicyclic) bond motifs is 2. The van der Waals surface area contributed by atoms with E-state index in [1.165, 1.54) is 22.3 Å². The van der Waals surface area contributed by atoms with E-state index in [0.29, 0.717) is 6.54 Å². The van der Waals surface area contributed by atoms with Crippen molar-refractivity contribution < 1.29 is 13.8 Å². The zero-order valence-corrected chi connectivity index (χ0v) is 18.7. The van der Waals surface area contributed by atoms with E-state index in [9.17, 15) is 13.8 Å². The molecule has 0 fully saturated rings. The summed E-state index contributed by atoms with van der Waals surface area (Å²) in [4.78, 5) is 26.7. The molecule has 0 saturated carbocycles. The normalized spacial score (nSPS) is 15.7. The zero-order chi connectivity index (χ0) is 22.1. The molecule has 8 heteroatoms. The van der Waals surface area contributed by atoms with E-state index in [2.05, 4.69) is 15.7 Å². The molecule has 0 saturated heterocycles. The summed E-state index contributed by atoms with van der Waals surface area (Å²) >= 11 is 0. The lowest BCUT2D eigenvalue weighted by atomic mass is 9.99. The summed E-state index contributed by atoms with van der Waals surface area (Å²) in [6, 6.07) is 6.55. The molecule has 0 bridgehead atoms. The van der Waals surface area contributed by atoms with Crippen LogP contribution in [0.1, 0.15) is 51.0 Å². The van der Waals surface area contributed by atoms with E-state index in [1.54, 1.807) is 18.2 Å². The topological polar surface area (TPSA) is 105 Å². The summed E-state index contributed by atoms with van der Waals surface area (Å²) in [6.45, 7) is 0.595. The Balaban J connectivity index is 1.66. The number of carbonyl (C=O) groups is 2. The zero-order valence-electron chi connectivity index (χ0n) is 17.9. The summed E-state index contributed by atoms with van der Waals surface area (Å²) in [5.74, 6) is -0.700. The molecule has 4 rings (SSSR count). The maximum atomic E-state index is 12.9. The maximum absolute atomic E-state index is 12.9. The van der Waals surface area contributed by atoms with Crippen LogP contribution in [0.3, 0.4) is 0 Å². The number of anilines is 1. The van der Waals surface area contributed by atoms with Crippen LogP contribution in [0, 0.1) is 0 Å². The molecule has 0 aliphatic heterocycles. The Kier molecular flexibility index (Phi) is 6.11. The fourth-order valence-electron chi connectivity index (χ4n) is 4.60. The quantitative estimate of drug-likeness (QED) is 0.695. The molecule has 0 radical (unpaired) electrons. The van der Waals surface area contributed by atoms with Crippen molar-refractivity contribution in [2.24, 2.45) is 10.1 Å². The van der Waals surface area contributed by atoms with E-state index < -0.39 is 22.5 Å². The Labute approximate surface area is 184 Å². The second-order valence-corrected chi connectivity index (χ2v) is 9.56. The number of hydrogen-bond donors (Lipinski definition) is 2. The monoisotopic (exact) mass is 439 g/mol. The standard InChI is InChI=1S/C23H27N4O3S/c1-27(2)13-14-9-10-19(22(24)28)20(11-14)31(30)26-23(29)25-21-17-7-3-5-15(17)12-16-6-4-8-18(16)21/h9-12H,3-8,13H2,1-2H3,(H2,24,28)(H,25,29)/q-1. The highest BCUT2D eigenvalue weighted by Gasteiger charge is 2.24. The first kappa shape index (κ1) is 21.5. The van der Waals surface area contributed by atoms with Gasteiger partial charge < -0.3 is 24.5 Å². The Morgan fingerprint density at radius 1 is 1.06 bits per heavy atom. The fourth-order valence-corrected chi connectivity index (χ4v) is 5.50. The van der Waals surface area contributed by atoms with Gasteiger partial charge in [-0.3, -0.25) is 4.79 Å². The third-order valence-corrected chi connectivity index (χ3v) is 6.91. The van der Waals surface area contributed by atoms with Crippen molar-refractivity contribution in [1.29, 1.82) is 0 Å². The molecule has 2 aliphatic carbocycles. The summed E-state index contributed by atoms with van der Waals surface area (Å²) in [5, 5.41) is 2.92. The van der Waals surface area contributed by atoms with Crippen molar-refractivity contribution in [1.82, 2.24) is 4.90 Å². The molecule has 7 nitrogen and oxygen atoms in total. The number of nitrogens with zero attached hydrogens (tertiary/aromatic N) is 2. The van der Waals surface area contributed by atoms with Gasteiger partial charge in [0.1, 0.15) is 0 Å². The van der Waals surface area contributed by atoms with Crippen molar-refractivity contribution in [2.45, 2.75) is 50.0 Å². The Hall–Kier alpha value is -2.71. The number of carbonyl (C=O) groups excluding carboxylic acids is 2. The van der Waals surface area contributed by atoms with Gasteiger partial charge in [0, 0.05) is 17.8 Å². The first-order chi connectivity index (χ1) is 14.8. The highest BCUT2D eigenvalue weighted by molar-refractivity contribution is 7.75. The lowest BCUT2D eigenvalue weighted by molar-refractivity contribution is 0.0997.